The Kier molecular flexibility index (Phi) is 68.4. The molecule has 1 amide bonds. The minimum absolute atomic E-state index is 0.00249. The number of aliphatic hydroxyl groups is 2. The molecule has 0 aliphatic carbocycles. The molecule has 0 radical (unpaired) electrons. The van der Waals surface area contributed by atoms with Gasteiger partial charge in [0.25, 0.3) is 0 Å². The van der Waals surface area contributed by atoms with Gasteiger partial charge >= 0.3 is 5.97 Å². The molecule has 0 saturated carbocycles. The summed E-state index contributed by atoms with van der Waals surface area (Å²) < 4.78 is 5.50. The first-order chi connectivity index (χ1) is 40.0. The predicted octanol–water partition coefficient (Wildman–Crippen LogP) is 23.6. The Labute approximate surface area is 506 Å². The number of ether oxygens (including phenoxy) is 1. The lowest BCUT2D eigenvalue weighted by Crippen LogP contribution is -2.45. The second-order valence-corrected chi connectivity index (χ2v) is 24.9. The monoisotopic (exact) mass is 1140 g/mol. The highest BCUT2D eigenvalue weighted by atomic mass is 16.5. The maximum absolute atomic E-state index is 12.5. The van der Waals surface area contributed by atoms with E-state index < -0.39 is 12.1 Å². The number of amides is 1. The summed E-state index contributed by atoms with van der Waals surface area (Å²) in [6.07, 6.45) is 91.9. The first-order valence-corrected chi connectivity index (χ1v) is 36.4. The largest absolute Gasteiger partial charge is 0.466 e. The minimum atomic E-state index is -0.851. The van der Waals surface area contributed by atoms with Gasteiger partial charge in [0.2, 0.25) is 5.91 Å². The lowest BCUT2D eigenvalue weighted by Gasteiger charge is -2.20. The van der Waals surface area contributed by atoms with Crippen LogP contribution in [-0.2, 0) is 14.3 Å². The third-order valence-corrected chi connectivity index (χ3v) is 16.8. The van der Waals surface area contributed by atoms with Gasteiger partial charge in [0.1, 0.15) is 0 Å². The van der Waals surface area contributed by atoms with Crippen molar-refractivity contribution in [3.63, 3.8) is 0 Å². The fraction of sp³-hybridized carbons (Fsp3) is 0.867. The first-order valence-electron chi connectivity index (χ1n) is 36.4. The zero-order valence-corrected chi connectivity index (χ0v) is 54.5. The highest BCUT2D eigenvalue weighted by Gasteiger charge is 2.18. The van der Waals surface area contributed by atoms with Gasteiger partial charge in [0.15, 0.2) is 0 Å². The van der Waals surface area contributed by atoms with Crippen LogP contribution in [0.5, 0.6) is 0 Å². The van der Waals surface area contributed by atoms with Crippen molar-refractivity contribution in [2.75, 3.05) is 13.2 Å². The number of rotatable bonds is 68. The summed E-state index contributed by atoms with van der Waals surface area (Å²) in [6.45, 7) is 4.91. The third-order valence-electron chi connectivity index (χ3n) is 16.8. The number of hydrogen-bond acceptors (Lipinski definition) is 5. The number of carbonyl (C=O) groups excluding carboxylic acids is 2. The molecule has 3 N–H and O–H groups in total. The molecule has 2 unspecified atom stereocenters. The molecule has 0 heterocycles. The molecular weight excluding hydrogens is 995 g/mol. The Morgan fingerprint density at radius 1 is 0.346 bits per heavy atom. The maximum Gasteiger partial charge on any atom is 0.305 e. The highest BCUT2D eigenvalue weighted by molar-refractivity contribution is 5.76. The van der Waals surface area contributed by atoms with Crippen LogP contribution < -0.4 is 5.32 Å². The SMILES string of the molecule is CCCCCC/C=C\C/C=C\CCCCCCCCCC(=O)OCCCCCCCCCCCCC/C=C\CCCCCCCCCC(=O)NC(CO)C(O)/C=C/CCCCCCCCCCCCCCCCCCCCCCCC. The Morgan fingerprint density at radius 2 is 0.617 bits per heavy atom. The van der Waals surface area contributed by atoms with Crippen molar-refractivity contribution in [3.8, 4) is 0 Å². The molecule has 476 valence electrons. The van der Waals surface area contributed by atoms with E-state index in [4.69, 9.17) is 4.74 Å². The summed E-state index contributed by atoms with van der Waals surface area (Å²) in [6, 6.07) is -0.636. The van der Waals surface area contributed by atoms with Gasteiger partial charge in [0.05, 0.1) is 25.4 Å². The summed E-state index contributed by atoms with van der Waals surface area (Å²) in [7, 11) is 0. The highest BCUT2D eigenvalue weighted by Crippen LogP contribution is 2.18. The van der Waals surface area contributed by atoms with E-state index in [-0.39, 0.29) is 18.5 Å². The molecule has 0 spiro atoms. The summed E-state index contributed by atoms with van der Waals surface area (Å²) in [4.78, 5) is 24.6. The molecule has 0 aliphatic rings. The average molecular weight is 1140 g/mol. The molecular formula is C75H141NO5. The maximum atomic E-state index is 12.5. The molecule has 0 aromatic carbocycles. The molecule has 6 heteroatoms. The van der Waals surface area contributed by atoms with Crippen LogP contribution in [0.25, 0.3) is 0 Å². The molecule has 0 fully saturated rings. The average Bonchev–Trinajstić information content (AvgIpc) is 3.47. The van der Waals surface area contributed by atoms with E-state index in [2.05, 4.69) is 55.6 Å². The molecule has 2 atom stereocenters. The number of unbranched alkanes of at least 4 members (excludes halogenated alkanes) is 51. The predicted molar refractivity (Wildman–Crippen MR) is 356 cm³/mol. The van der Waals surface area contributed by atoms with Crippen molar-refractivity contribution in [2.24, 2.45) is 0 Å². The Morgan fingerprint density at radius 3 is 0.963 bits per heavy atom. The summed E-state index contributed by atoms with van der Waals surface area (Å²) >= 11 is 0. The molecule has 6 nitrogen and oxygen atoms in total. The van der Waals surface area contributed by atoms with Crippen LogP contribution in [0.15, 0.2) is 48.6 Å². The number of esters is 1. The van der Waals surface area contributed by atoms with Gasteiger partial charge in [-0.2, -0.15) is 0 Å². The smallest absolute Gasteiger partial charge is 0.305 e. The number of hydrogen-bond donors (Lipinski definition) is 3. The number of nitrogens with one attached hydrogen (secondary N) is 1. The van der Waals surface area contributed by atoms with E-state index in [1.165, 1.54) is 308 Å². The van der Waals surface area contributed by atoms with Crippen LogP contribution in [0.2, 0.25) is 0 Å². The third kappa shape index (κ3) is 66.8. The van der Waals surface area contributed by atoms with E-state index in [0.717, 1.165) is 57.8 Å². The zero-order chi connectivity index (χ0) is 58.5. The fourth-order valence-corrected chi connectivity index (χ4v) is 11.3. The quantitative estimate of drug-likeness (QED) is 0.0320. The number of allylic oxidation sites excluding steroid dienone is 7. The van der Waals surface area contributed by atoms with E-state index in [1.807, 2.05) is 6.08 Å². The van der Waals surface area contributed by atoms with Crippen LogP contribution >= 0.6 is 0 Å². The van der Waals surface area contributed by atoms with Gasteiger partial charge in [-0.25, -0.2) is 0 Å². The molecule has 81 heavy (non-hydrogen) atoms. The van der Waals surface area contributed by atoms with Gasteiger partial charge < -0.3 is 20.3 Å². The van der Waals surface area contributed by atoms with Gasteiger partial charge in [-0.15, -0.1) is 0 Å². The van der Waals surface area contributed by atoms with Gasteiger partial charge in [0, 0.05) is 12.8 Å². The Bertz CT molecular complexity index is 1360. The normalized spacial score (nSPS) is 12.8. The van der Waals surface area contributed by atoms with Crippen molar-refractivity contribution in [2.45, 2.75) is 405 Å². The van der Waals surface area contributed by atoms with Gasteiger partial charge in [-0.3, -0.25) is 9.59 Å². The van der Waals surface area contributed by atoms with E-state index >= 15 is 0 Å². The Hall–Kier alpha value is -2.18. The van der Waals surface area contributed by atoms with Crippen LogP contribution in [0, 0.1) is 0 Å². The lowest BCUT2D eigenvalue weighted by molar-refractivity contribution is -0.143. The Balaban J connectivity index is 3.44. The number of aliphatic hydroxyl groups excluding tert-OH is 2. The fourth-order valence-electron chi connectivity index (χ4n) is 11.3. The second kappa shape index (κ2) is 70.3. The van der Waals surface area contributed by atoms with Crippen LogP contribution in [0.1, 0.15) is 393 Å². The molecule has 0 aliphatic heterocycles. The standard InChI is InChI=1S/C75H141NO5/c1-3-5-7-9-11-13-15-17-19-21-23-24-25-26-29-32-35-39-43-47-51-55-59-63-67-73(78)72(71-77)76-74(79)68-64-60-56-52-48-44-40-36-33-30-27-28-31-34-38-42-46-50-54-58-62-66-70-81-75(80)69-65-61-57-53-49-45-41-37-22-20-18-16-14-12-10-8-6-4-2/h14,16,20,22,30,33,63,67,72-73,77-78H,3-13,15,17-19,21,23-29,31-32,34-62,64-66,68-71H2,1-2H3,(H,76,79)/b16-14-,22-20-,33-30-,67-63+. The van der Waals surface area contributed by atoms with Crippen molar-refractivity contribution in [3.05, 3.63) is 48.6 Å². The lowest BCUT2D eigenvalue weighted by atomic mass is 10.0. The second-order valence-electron chi connectivity index (χ2n) is 24.9. The van der Waals surface area contributed by atoms with E-state index in [9.17, 15) is 19.8 Å². The molecule has 0 aromatic rings. The van der Waals surface area contributed by atoms with Crippen molar-refractivity contribution < 1.29 is 24.5 Å². The summed E-state index contributed by atoms with van der Waals surface area (Å²) in [5.74, 6) is -0.0691. The molecule has 0 bridgehead atoms. The van der Waals surface area contributed by atoms with E-state index in [0.29, 0.717) is 19.4 Å². The van der Waals surface area contributed by atoms with Crippen LogP contribution in [-0.4, -0.2) is 47.4 Å². The number of carbonyl (C=O) groups is 2. The van der Waals surface area contributed by atoms with Gasteiger partial charge in [-0.05, 0) is 89.9 Å². The topological polar surface area (TPSA) is 95.9 Å². The molecule has 0 saturated heterocycles. The van der Waals surface area contributed by atoms with Crippen molar-refractivity contribution >= 4 is 11.9 Å². The van der Waals surface area contributed by atoms with Crippen molar-refractivity contribution in [1.29, 1.82) is 0 Å². The first kappa shape index (κ1) is 78.8. The van der Waals surface area contributed by atoms with Crippen molar-refractivity contribution in [1.82, 2.24) is 5.32 Å². The molecule has 0 aromatic heterocycles. The van der Waals surface area contributed by atoms with E-state index in [1.54, 1.807) is 6.08 Å². The summed E-state index contributed by atoms with van der Waals surface area (Å²) in [5, 5.41) is 23.3. The van der Waals surface area contributed by atoms with Gasteiger partial charge in [-0.1, -0.05) is 339 Å². The molecule has 0 rings (SSSR count). The zero-order valence-electron chi connectivity index (χ0n) is 54.5. The van der Waals surface area contributed by atoms with Crippen LogP contribution in [0.4, 0.5) is 0 Å². The summed E-state index contributed by atoms with van der Waals surface area (Å²) in [5.41, 5.74) is 0. The van der Waals surface area contributed by atoms with Crippen LogP contribution in [0.3, 0.4) is 0 Å². The minimum Gasteiger partial charge on any atom is -0.466 e.